The molecule has 2 rings (SSSR count). The van der Waals surface area contributed by atoms with E-state index in [9.17, 15) is 8.42 Å². The van der Waals surface area contributed by atoms with Crippen molar-refractivity contribution in [2.75, 3.05) is 6.54 Å². The van der Waals surface area contributed by atoms with E-state index in [0.29, 0.717) is 5.57 Å². The highest BCUT2D eigenvalue weighted by Crippen LogP contribution is 2.20. The maximum Gasteiger partial charge on any atom is 0.240 e. The molecule has 2 N–H and O–H groups in total. The monoisotopic (exact) mass is 347 g/mol. The summed E-state index contributed by atoms with van der Waals surface area (Å²) >= 11 is 0. The van der Waals surface area contributed by atoms with E-state index in [2.05, 4.69) is 16.2 Å². The number of nitrogens with one attached hydrogen (secondary N) is 1. The summed E-state index contributed by atoms with van der Waals surface area (Å²) in [5.41, 5.74) is 2.41. The highest BCUT2D eigenvalue weighted by Gasteiger charge is 2.18. The zero-order chi connectivity index (χ0) is 17.6. The lowest BCUT2D eigenvalue weighted by Gasteiger charge is -2.17. The number of hydrogen-bond donors (Lipinski definition) is 2. The predicted molar refractivity (Wildman–Crippen MR) is 94.0 cm³/mol. The van der Waals surface area contributed by atoms with Crippen molar-refractivity contribution >= 4 is 15.6 Å². The molecule has 0 aromatic heterocycles. The molecule has 0 spiro atoms. The molecule has 0 fully saturated rings. The van der Waals surface area contributed by atoms with Gasteiger partial charge in [-0.2, -0.15) is 0 Å². The summed E-state index contributed by atoms with van der Waals surface area (Å²) in [5, 5.41) is 9.10. The Hall–Kier alpha value is -1.99. The van der Waals surface area contributed by atoms with Gasteiger partial charge in [0.25, 0.3) is 0 Å². The Bertz CT molecular complexity index is 770. The van der Waals surface area contributed by atoms with Crippen LogP contribution in [0.5, 0.6) is 0 Å². The lowest BCUT2D eigenvalue weighted by atomic mass is 10.0. The lowest BCUT2D eigenvalue weighted by Crippen LogP contribution is -2.28. The van der Waals surface area contributed by atoms with E-state index in [0.717, 1.165) is 11.1 Å². The minimum Gasteiger partial charge on any atom is -0.251 e. The van der Waals surface area contributed by atoms with Crippen LogP contribution in [0.4, 0.5) is 0 Å². The third-order valence-corrected chi connectivity index (χ3v) is 5.17. The van der Waals surface area contributed by atoms with E-state index in [4.69, 9.17) is 5.26 Å². The summed E-state index contributed by atoms with van der Waals surface area (Å²) in [6.45, 7) is 5.93. The van der Waals surface area contributed by atoms with Crippen LogP contribution < -0.4 is 4.72 Å². The van der Waals surface area contributed by atoms with Crippen LogP contribution in [-0.4, -0.2) is 26.3 Å². The third kappa shape index (κ3) is 4.75. The van der Waals surface area contributed by atoms with Crippen LogP contribution in [0, 0.1) is 6.92 Å². The van der Waals surface area contributed by atoms with Crippen molar-refractivity contribution in [2.45, 2.75) is 24.3 Å². The highest BCUT2D eigenvalue weighted by atomic mass is 32.2. The molecule has 0 aliphatic carbocycles. The quantitative estimate of drug-likeness (QED) is 0.568. The number of rotatable bonds is 8. The van der Waals surface area contributed by atoms with Crippen LogP contribution in [-0.2, 0) is 14.9 Å². The first kappa shape index (κ1) is 18.4. The van der Waals surface area contributed by atoms with Gasteiger partial charge in [0.1, 0.15) is 6.10 Å². The van der Waals surface area contributed by atoms with Gasteiger partial charge in [-0.1, -0.05) is 54.6 Å². The minimum absolute atomic E-state index is 0.118. The molecule has 24 heavy (non-hydrogen) atoms. The van der Waals surface area contributed by atoms with Crippen molar-refractivity contribution in [3.63, 3.8) is 0 Å². The van der Waals surface area contributed by atoms with Gasteiger partial charge in [-0.3, -0.25) is 5.26 Å². The normalized spacial score (nSPS) is 12.8. The molecular weight excluding hydrogens is 326 g/mol. The van der Waals surface area contributed by atoms with E-state index in [-0.39, 0.29) is 17.9 Å². The number of sulfonamides is 1. The molecule has 1 atom stereocenters. The molecular formula is C18H21NO4S. The van der Waals surface area contributed by atoms with E-state index in [1.807, 2.05) is 37.3 Å². The third-order valence-electron chi connectivity index (χ3n) is 3.69. The Morgan fingerprint density at radius 1 is 1.17 bits per heavy atom. The first-order valence-corrected chi connectivity index (χ1v) is 9.03. The van der Waals surface area contributed by atoms with Gasteiger partial charge in [-0.05, 0) is 36.6 Å². The second kappa shape index (κ2) is 8.21. The first-order valence-electron chi connectivity index (χ1n) is 7.55. The average Bonchev–Trinajstić information content (AvgIpc) is 2.59. The summed E-state index contributed by atoms with van der Waals surface area (Å²) in [6.07, 6.45) is -0.428. The molecule has 0 heterocycles. The summed E-state index contributed by atoms with van der Waals surface area (Å²) in [7, 11) is -3.59. The Morgan fingerprint density at radius 3 is 2.38 bits per heavy atom. The Kier molecular flexibility index (Phi) is 6.28. The van der Waals surface area contributed by atoms with Crippen molar-refractivity contribution in [2.24, 2.45) is 0 Å². The van der Waals surface area contributed by atoms with Gasteiger partial charge < -0.3 is 0 Å². The van der Waals surface area contributed by atoms with Gasteiger partial charge in [0.05, 0.1) is 4.90 Å². The second-order valence-electron chi connectivity index (χ2n) is 5.48. The zero-order valence-corrected chi connectivity index (χ0v) is 14.3. The maximum atomic E-state index is 12.2. The SMILES string of the molecule is C=C(c1ccccc1)C(CCNS(=O)(=O)c1ccc(C)cc1)OO. The van der Waals surface area contributed by atoms with Crippen LogP contribution in [0.3, 0.4) is 0 Å². The largest absolute Gasteiger partial charge is 0.251 e. The summed E-state index contributed by atoms with van der Waals surface area (Å²) < 4.78 is 26.9. The van der Waals surface area contributed by atoms with Gasteiger partial charge in [0.15, 0.2) is 0 Å². The molecule has 0 bridgehead atoms. The summed E-state index contributed by atoms with van der Waals surface area (Å²) in [4.78, 5) is 4.67. The van der Waals surface area contributed by atoms with Crippen LogP contribution >= 0.6 is 0 Å². The number of benzene rings is 2. The zero-order valence-electron chi connectivity index (χ0n) is 13.5. The van der Waals surface area contributed by atoms with E-state index >= 15 is 0 Å². The van der Waals surface area contributed by atoms with Crippen molar-refractivity contribution in [3.05, 3.63) is 72.3 Å². The van der Waals surface area contributed by atoms with Gasteiger partial charge in [-0.25, -0.2) is 18.0 Å². The smallest absolute Gasteiger partial charge is 0.240 e. The van der Waals surface area contributed by atoms with Crippen molar-refractivity contribution in [1.29, 1.82) is 0 Å². The van der Waals surface area contributed by atoms with Gasteiger partial charge in [0, 0.05) is 6.54 Å². The fourth-order valence-corrected chi connectivity index (χ4v) is 3.30. The highest BCUT2D eigenvalue weighted by molar-refractivity contribution is 7.89. The molecule has 0 radical (unpaired) electrons. The van der Waals surface area contributed by atoms with Crippen LogP contribution in [0.15, 0.2) is 66.1 Å². The molecule has 2 aromatic rings. The minimum atomic E-state index is -3.59. The van der Waals surface area contributed by atoms with Gasteiger partial charge in [-0.15, -0.1) is 0 Å². The second-order valence-corrected chi connectivity index (χ2v) is 7.25. The summed E-state index contributed by atoms with van der Waals surface area (Å²) in [5.74, 6) is 0. The lowest BCUT2D eigenvalue weighted by molar-refractivity contribution is -0.263. The standard InChI is InChI=1S/C18H21NO4S/c1-14-8-10-17(11-9-14)24(21,22)19-13-12-18(23-20)15(2)16-6-4-3-5-7-16/h3-11,18-20H,2,12-13H2,1H3. The van der Waals surface area contributed by atoms with Gasteiger partial charge >= 0.3 is 0 Å². The molecule has 128 valence electrons. The predicted octanol–water partition coefficient (Wildman–Crippen LogP) is 3.24. The summed E-state index contributed by atoms with van der Waals surface area (Å²) in [6, 6.07) is 15.9. The average molecular weight is 347 g/mol. The molecule has 0 saturated heterocycles. The molecule has 2 aromatic carbocycles. The van der Waals surface area contributed by atoms with Crippen molar-refractivity contribution < 1.29 is 18.6 Å². The maximum absolute atomic E-state index is 12.2. The topological polar surface area (TPSA) is 75.6 Å². The molecule has 0 aliphatic heterocycles. The van der Waals surface area contributed by atoms with Crippen LogP contribution in [0.2, 0.25) is 0 Å². The van der Waals surface area contributed by atoms with E-state index < -0.39 is 16.1 Å². The molecule has 5 nitrogen and oxygen atoms in total. The molecule has 6 heteroatoms. The fourth-order valence-electron chi connectivity index (χ4n) is 2.25. The first-order chi connectivity index (χ1) is 11.4. The fraction of sp³-hybridized carbons (Fsp3) is 0.222. The number of hydrogen-bond acceptors (Lipinski definition) is 4. The molecule has 0 amide bonds. The van der Waals surface area contributed by atoms with Crippen LogP contribution in [0.1, 0.15) is 17.5 Å². The Morgan fingerprint density at radius 2 is 1.79 bits per heavy atom. The van der Waals surface area contributed by atoms with E-state index in [1.165, 1.54) is 0 Å². The molecule has 0 aliphatic rings. The van der Waals surface area contributed by atoms with Gasteiger partial charge in [0.2, 0.25) is 10.0 Å². The number of aryl methyl sites for hydroxylation is 1. The van der Waals surface area contributed by atoms with Crippen LogP contribution in [0.25, 0.3) is 5.57 Å². The molecule has 0 saturated carbocycles. The van der Waals surface area contributed by atoms with Crippen molar-refractivity contribution in [3.8, 4) is 0 Å². The van der Waals surface area contributed by atoms with Crippen molar-refractivity contribution in [1.82, 2.24) is 4.72 Å². The van der Waals surface area contributed by atoms with E-state index in [1.54, 1.807) is 24.3 Å². The Balaban J connectivity index is 1.96. The Labute approximate surface area is 142 Å². The molecule has 1 unspecified atom stereocenters.